The average Bonchev–Trinajstić information content (AvgIpc) is 2.50. The Morgan fingerprint density at radius 1 is 0.524 bits per heavy atom. The fourth-order valence-corrected chi connectivity index (χ4v) is 3.30. The summed E-state index contributed by atoms with van der Waals surface area (Å²) in [6.07, 6.45) is 22.6. The summed E-state index contributed by atoms with van der Waals surface area (Å²) < 4.78 is 0. The maximum atomic E-state index is 2.76. The van der Waals surface area contributed by atoms with Gasteiger partial charge >= 0.3 is 0 Å². The van der Waals surface area contributed by atoms with Gasteiger partial charge in [-0.15, -0.1) is 0 Å². The molecule has 0 aromatic rings. The van der Waals surface area contributed by atoms with Gasteiger partial charge in [0.25, 0.3) is 0 Å². The van der Waals surface area contributed by atoms with Gasteiger partial charge in [-0.1, -0.05) is 118 Å². The van der Waals surface area contributed by atoms with Crippen LogP contribution >= 0.6 is 0 Å². The fraction of sp³-hybridized carbons (Fsp3) is 0.952. The topological polar surface area (TPSA) is 0 Å². The molecule has 0 aromatic carbocycles. The first-order chi connectivity index (χ1) is 10.3. The van der Waals surface area contributed by atoms with E-state index in [2.05, 4.69) is 34.1 Å². The predicted octanol–water partition coefficient (Wildman–Crippen LogP) is 7.96. The number of unbranched alkanes of at least 4 members (excludes halogenated alkanes) is 7. The zero-order valence-electron chi connectivity index (χ0n) is 15.6. The van der Waals surface area contributed by atoms with E-state index in [0.29, 0.717) is 0 Å². The molecule has 1 unspecified atom stereocenters. The van der Waals surface area contributed by atoms with Crippen molar-refractivity contribution in [2.75, 3.05) is 0 Å². The average molecular weight is 296 g/mol. The van der Waals surface area contributed by atoms with E-state index in [-0.39, 0.29) is 0 Å². The molecule has 0 saturated heterocycles. The highest BCUT2D eigenvalue weighted by Crippen LogP contribution is 2.28. The van der Waals surface area contributed by atoms with Gasteiger partial charge in [0.1, 0.15) is 0 Å². The van der Waals surface area contributed by atoms with Crippen LogP contribution in [0, 0.1) is 18.3 Å². The van der Waals surface area contributed by atoms with E-state index in [9.17, 15) is 0 Å². The van der Waals surface area contributed by atoms with Crippen molar-refractivity contribution in [3.8, 4) is 0 Å². The molecule has 0 heterocycles. The van der Waals surface area contributed by atoms with Gasteiger partial charge in [-0.05, 0) is 18.3 Å². The van der Waals surface area contributed by atoms with Gasteiger partial charge in [0.2, 0.25) is 0 Å². The Bertz CT molecular complexity index is 174. The minimum Gasteiger partial charge on any atom is -0.0654 e. The third kappa shape index (κ3) is 13.4. The quantitative estimate of drug-likeness (QED) is 0.253. The Morgan fingerprint density at radius 2 is 0.952 bits per heavy atom. The van der Waals surface area contributed by atoms with E-state index in [1.54, 1.807) is 0 Å². The highest BCUT2D eigenvalue weighted by Gasteiger charge is 2.15. The lowest BCUT2D eigenvalue weighted by atomic mass is 9.83. The van der Waals surface area contributed by atoms with Crippen LogP contribution in [0.15, 0.2) is 0 Å². The summed E-state index contributed by atoms with van der Waals surface area (Å²) >= 11 is 0. The molecule has 0 N–H and O–H groups in total. The Labute approximate surface area is 136 Å². The largest absolute Gasteiger partial charge is 0.0654 e. The summed E-state index contributed by atoms with van der Waals surface area (Å²) in [6.45, 7) is 9.33. The van der Waals surface area contributed by atoms with Crippen molar-refractivity contribution in [2.24, 2.45) is 11.8 Å². The van der Waals surface area contributed by atoms with E-state index >= 15 is 0 Å². The van der Waals surface area contributed by atoms with Crippen molar-refractivity contribution < 1.29 is 0 Å². The molecule has 0 aliphatic carbocycles. The lowest BCUT2D eigenvalue weighted by Gasteiger charge is -2.23. The molecule has 0 spiro atoms. The third-order valence-electron chi connectivity index (χ3n) is 4.85. The molecule has 0 aliphatic heterocycles. The molecule has 0 nitrogen and oxygen atoms in total. The number of rotatable bonds is 16. The van der Waals surface area contributed by atoms with E-state index in [1.807, 2.05) is 0 Å². The van der Waals surface area contributed by atoms with Crippen LogP contribution in [-0.2, 0) is 0 Å². The molecule has 1 radical (unpaired) electrons. The summed E-state index contributed by atoms with van der Waals surface area (Å²) in [5.74, 6) is 1.79. The van der Waals surface area contributed by atoms with Crippen LogP contribution in [0.3, 0.4) is 0 Å². The van der Waals surface area contributed by atoms with Gasteiger partial charge in [-0.25, -0.2) is 0 Å². The third-order valence-corrected chi connectivity index (χ3v) is 4.85. The predicted molar refractivity (Wildman–Crippen MR) is 98.6 cm³/mol. The normalized spacial score (nSPS) is 13.0. The van der Waals surface area contributed by atoms with Crippen LogP contribution in [0.25, 0.3) is 0 Å². The van der Waals surface area contributed by atoms with E-state index in [4.69, 9.17) is 0 Å². The molecule has 0 fully saturated rings. The minimum absolute atomic E-state index is 0.884. The zero-order valence-corrected chi connectivity index (χ0v) is 15.6. The van der Waals surface area contributed by atoms with Gasteiger partial charge < -0.3 is 0 Å². The van der Waals surface area contributed by atoms with E-state index < -0.39 is 0 Å². The molecule has 0 bridgehead atoms. The van der Waals surface area contributed by atoms with Crippen molar-refractivity contribution in [3.05, 3.63) is 6.42 Å². The lowest BCUT2D eigenvalue weighted by molar-refractivity contribution is 0.383. The Morgan fingerprint density at radius 3 is 1.43 bits per heavy atom. The van der Waals surface area contributed by atoms with Gasteiger partial charge in [-0.3, -0.25) is 0 Å². The SMILES string of the molecule is CCCCCCC([CH]C(CCCCC)CCCCC)CC. The minimum atomic E-state index is 0.884. The Kier molecular flexibility index (Phi) is 16.4. The van der Waals surface area contributed by atoms with Crippen LogP contribution in [0.5, 0.6) is 0 Å². The molecule has 0 heteroatoms. The van der Waals surface area contributed by atoms with Crippen LogP contribution in [0.1, 0.15) is 118 Å². The van der Waals surface area contributed by atoms with Crippen molar-refractivity contribution in [3.63, 3.8) is 0 Å². The second kappa shape index (κ2) is 16.4. The molecule has 0 aliphatic rings. The molecule has 1 atom stereocenters. The van der Waals surface area contributed by atoms with Gasteiger partial charge in [0.15, 0.2) is 0 Å². The molecule has 0 aromatic heterocycles. The van der Waals surface area contributed by atoms with Crippen LogP contribution < -0.4 is 0 Å². The smallest absolute Gasteiger partial charge is 0.0324 e. The Hall–Kier alpha value is 0. The first kappa shape index (κ1) is 21.0. The fourth-order valence-electron chi connectivity index (χ4n) is 3.30. The summed E-state index contributed by atoms with van der Waals surface area (Å²) in [5, 5.41) is 0. The first-order valence-electron chi connectivity index (χ1n) is 10.1. The first-order valence-corrected chi connectivity index (χ1v) is 10.1. The standard InChI is InChI=1S/C21H43/c1-5-9-12-15-16-20(8-4)19-21(17-13-10-6-2)18-14-11-7-3/h19-21H,5-18H2,1-4H3. The molecule has 0 amide bonds. The molecular formula is C21H43. The maximum Gasteiger partial charge on any atom is -0.0324 e. The monoisotopic (exact) mass is 295 g/mol. The van der Waals surface area contributed by atoms with Crippen molar-refractivity contribution in [2.45, 2.75) is 118 Å². The van der Waals surface area contributed by atoms with Crippen LogP contribution in [0.2, 0.25) is 0 Å². The second-order valence-electron chi connectivity index (χ2n) is 6.96. The lowest BCUT2D eigenvalue weighted by Crippen LogP contribution is -2.10. The second-order valence-corrected chi connectivity index (χ2v) is 6.96. The highest BCUT2D eigenvalue weighted by molar-refractivity contribution is 4.83. The van der Waals surface area contributed by atoms with Gasteiger partial charge in [0, 0.05) is 0 Å². The van der Waals surface area contributed by atoms with Crippen molar-refractivity contribution in [1.82, 2.24) is 0 Å². The van der Waals surface area contributed by atoms with Gasteiger partial charge in [-0.2, -0.15) is 0 Å². The zero-order chi connectivity index (χ0) is 15.8. The number of hydrogen-bond acceptors (Lipinski definition) is 0. The van der Waals surface area contributed by atoms with Crippen LogP contribution in [-0.4, -0.2) is 0 Å². The summed E-state index contributed by atoms with van der Waals surface area (Å²) in [7, 11) is 0. The van der Waals surface area contributed by atoms with E-state index in [1.165, 1.54) is 89.9 Å². The van der Waals surface area contributed by atoms with Crippen molar-refractivity contribution >= 4 is 0 Å². The molecule has 127 valence electrons. The molecule has 0 saturated carbocycles. The summed E-state index contributed by atoms with van der Waals surface area (Å²) in [6, 6.07) is 0. The van der Waals surface area contributed by atoms with E-state index in [0.717, 1.165) is 11.8 Å². The van der Waals surface area contributed by atoms with Gasteiger partial charge in [0.05, 0.1) is 0 Å². The summed E-state index contributed by atoms with van der Waals surface area (Å²) in [4.78, 5) is 0. The molecule has 0 rings (SSSR count). The highest BCUT2D eigenvalue weighted by atomic mass is 14.2. The molecular weight excluding hydrogens is 252 g/mol. The Balaban J connectivity index is 4.04. The number of hydrogen-bond donors (Lipinski definition) is 0. The van der Waals surface area contributed by atoms with Crippen LogP contribution in [0.4, 0.5) is 0 Å². The van der Waals surface area contributed by atoms with Crippen molar-refractivity contribution in [1.29, 1.82) is 0 Å². The summed E-state index contributed by atoms with van der Waals surface area (Å²) in [5.41, 5.74) is 0. The molecule has 21 heavy (non-hydrogen) atoms. The maximum absolute atomic E-state index is 2.76.